The third-order valence-electron chi connectivity index (χ3n) is 5.87. The third kappa shape index (κ3) is 4.19. The quantitative estimate of drug-likeness (QED) is 0.618. The summed E-state index contributed by atoms with van der Waals surface area (Å²) in [6.07, 6.45) is 3.49. The predicted octanol–water partition coefficient (Wildman–Crippen LogP) is 3.29. The molecule has 1 aliphatic heterocycles. The van der Waals surface area contributed by atoms with E-state index in [1.54, 1.807) is 19.2 Å². The Kier molecular flexibility index (Phi) is 5.55. The number of hydrogen-bond acceptors (Lipinski definition) is 5. The molecule has 2 aromatic heterocycles. The van der Waals surface area contributed by atoms with Crippen LogP contribution in [0.4, 0.5) is 0 Å². The molecule has 0 unspecified atom stereocenters. The van der Waals surface area contributed by atoms with Gasteiger partial charge in [-0.1, -0.05) is 20.8 Å². The van der Waals surface area contributed by atoms with Crippen LogP contribution in [0.15, 0.2) is 51.1 Å². The Labute approximate surface area is 182 Å². The van der Waals surface area contributed by atoms with Gasteiger partial charge in [0.1, 0.15) is 5.82 Å². The molecular weight excluding hydrogens is 414 g/mol. The molecule has 1 saturated heterocycles. The number of aryl methyl sites for hydroxylation is 1. The monoisotopic (exact) mass is 443 g/mol. The predicted molar refractivity (Wildman–Crippen MR) is 119 cm³/mol. The van der Waals surface area contributed by atoms with Crippen molar-refractivity contribution in [3.8, 4) is 0 Å². The minimum absolute atomic E-state index is 0.00682. The van der Waals surface area contributed by atoms with Crippen LogP contribution in [0.2, 0.25) is 0 Å². The molecule has 8 heteroatoms. The highest BCUT2D eigenvalue weighted by molar-refractivity contribution is 7.91. The molecule has 0 saturated carbocycles. The third-order valence-corrected chi connectivity index (χ3v) is 7.62. The molecule has 0 spiro atoms. The van der Waals surface area contributed by atoms with Gasteiger partial charge in [-0.15, -0.1) is 0 Å². The van der Waals surface area contributed by atoms with Gasteiger partial charge in [0, 0.05) is 44.5 Å². The summed E-state index contributed by atoms with van der Waals surface area (Å²) in [6, 6.07) is 7.68. The molecule has 3 aromatic rings. The fourth-order valence-electron chi connectivity index (χ4n) is 4.05. The van der Waals surface area contributed by atoms with Crippen LogP contribution >= 0.6 is 0 Å². The first kappa shape index (κ1) is 21.8. The van der Waals surface area contributed by atoms with E-state index in [1.165, 1.54) is 16.8 Å². The largest absolute Gasteiger partial charge is 0.381 e. The van der Waals surface area contributed by atoms with Gasteiger partial charge >= 0.3 is 0 Å². The average Bonchev–Trinajstić information content (AvgIpc) is 3.09. The van der Waals surface area contributed by atoms with Crippen molar-refractivity contribution in [2.45, 2.75) is 55.4 Å². The van der Waals surface area contributed by atoms with Crippen molar-refractivity contribution < 1.29 is 13.2 Å². The van der Waals surface area contributed by atoms with Gasteiger partial charge in [-0.3, -0.25) is 4.79 Å². The SMILES string of the molecule is Cn1ccc(S(=O)(=O)c2ccc3c(c2)nc(C(C)(C)C)n3CC2CCOCC2)cc1=O. The average molecular weight is 444 g/mol. The zero-order chi connectivity index (χ0) is 22.4. The lowest BCUT2D eigenvalue weighted by atomic mass is 9.94. The van der Waals surface area contributed by atoms with Crippen LogP contribution in [-0.2, 0) is 33.6 Å². The van der Waals surface area contributed by atoms with E-state index in [9.17, 15) is 13.2 Å². The van der Waals surface area contributed by atoms with E-state index in [1.807, 2.05) is 6.07 Å². The Hall–Kier alpha value is -2.45. The van der Waals surface area contributed by atoms with E-state index in [2.05, 4.69) is 25.3 Å². The molecule has 31 heavy (non-hydrogen) atoms. The van der Waals surface area contributed by atoms with Crippen molar-refractivity contribution in [3.63, 3.8) is 0 Å². The van der Waals surface area contributed by atoms with Gasteiger partial charge in [0.25, 0.3) is 5.56 Å². The van der Waals surface area contributed by atoms with Gasteiger partial charge in [-0.25, -0.2) is 13.4 Å². The van der Waals surface area contributed by atoms with E-state index in [0.29, 0.717) is 11.4 Å². The minimum Gasteiger partial charge on any atom is -0.381 e. The molecule has 4 rings (SSSR count). The Bertz CT molecular complexity index is 1280. The number of hydrogen-bond donors (Lipinski definition) is 0. The molecular formula is C23H29N3O4S. The van der Waals surface area contributed by atoms with Gasteiger partial charge in [0.05, 0.1) is 20.8 Å². The number of pyridine rings is 1. The van der Waals surface area contributed by atoms with Crippen LogP contribution in [-0.4, -0.2) is 35.7 Å². The van der Waals surface area contributed by atoms with Crippen LogP contribution < -0.4 is 5.56 Å². The number of benzene rings is 1. The second-order valence-electron chi connectivity index (χ2n) is 9.32. The normalized spacial score (nSPS) is 16.1. The molecule has 0 radical (unpaired) electrons. The topological polar surface area (TPSA) is 83.2 Å². The van der Waals surface area contributed by atoms with Gasteiger partial charge < -0.3 is 13.9 Å². The van der Waals surface area contributed by atoms with E-state index >= 15 is 0 Å². The number of nitrogens with zero attached hydrogens (tertiary/aromatic N) is 3. The summed E-state index contributed by atoms with van der Waals surface area (Å²) in [5.74, 6) is 1.45. The number of imidazole rings is 1. The molecule has 1 fully saturated rings. The van der Waals surface area contributed by atoms with E-state index in [-0.39, 0.29) is 20.8 Å². The first-order valence-electron chi connectivity index (χ1n) is 10.6. The molecule has 0 atom stereocenters. The highest BCUT2D eigenvalue weighted by Gasteiger charge is 2.27. The fourth-order valence-corrected chi connectivity index (χ4v) is 5.34. The Balaban J connectivity index is 1.80. The highest BCUT2D eigenvalue weighted by Crippen LogP contribution is 2.31. The number of sulfone groups is 1. The van der Waals surface area contributed by atoms with Gasteiger partial charge in [0.15, 0.2) is 0 Å². The van der Waals surface area contributed by atoms with Crippen LogP contribution in [0, 0.1) is 5.92 Å². The van der Waals surface area contributed by atoms with E-state index < -0.39 is 9.84 Å². The summed E-state index contributed by atoms with van der Waals surface area (Å²) in [5, 5.41) is 0. The van der Waals surface area contributed by atoms with Crippen molar-refractivity contribution in [2.24, 2.45) is 13.0 Å². The van der Waals surface area contributed by atoms with Crippen molar-refractivity contribution in [2.75, 3.05) is 13.2 Å². The second kappa shape index (κ2) is 7.91. The van der Waals surface area contributed by atoms with Crippen molar-refractivity contribution in [1.29, 1.82) is 0 Å². The molecule has 1 aromatic carbocycles. The lowest BCUT2D eigenvalue weighted by Gasteiger charge is -2.26. The maximum Gasteiger partial charge on any atom is 0.251 e. The maximum absolute atomic E-state index is 13.1. The number of aromatic nitrogens is 3. The molecule has 3 heterocycles. The van der Waals surface area contributed by atoms with E-state index in [4.69, 9.17) is 9.72 Å². The molecule has 0 N–H and O–H groups in total. The summed E-state index contributed by atoms with van der Waals surface area (Å²) in [7, 11) is -2.23. The summed E-state index contributed by atoms with van der Waals surface area (Å²) in [4.78, 5) is 16.9. The molecule has 0 aliphatic carbocycles. The Morgan fingerprint density at radius 1 is 1.10 bits per heavy atom. The first-order chi connectivity index (χ1) is 14.6. The molecule has 0 bridgehead atoms. The van der Waals surface area contributed by atoms with Crippen molar-refractivity contribution in [3.05, 3.63) is 52.7 Å². The smallest absolute Gasteiger partial charge is 0.251 e. The number of ether oxygens (including phenoxy) is 1. The zero-order valence-electron chi connectivity index (χ0n) is 18.5. The van der Waals surface area contributed by atoms with Gasteiger partial charge in [-0.2, -0.15) is 0 Å². The van der Waals surface area contributed by atoms with Gasteiger partial charge in [0.2, 0.25) is 9.84 Å². The lowest BCUT2D eigenvalue weighted by Crippen LogP contribution is -2.25. The standard InChI is InChI=1S/C23H29N3O4S/c1-23(2,3)22-24-19-13-17(31(28,29)18-7-10-25(4)21(27)14-18)5-6-20(19)26(22)15-16-8-11-30-12-9-16/h5-7,10,13-14,16H,8-9,11-12,15H2,1-4H3. The molecule has 0 amide bonds. The van der Waals surface area contributed by atoms with E-state index in [0.717, 1.165) is 50.0 Å². The molecule has 1 aliphatic rings. The van der Waals surface area contributed by atoms with Crippen molar-refractivity contribution in [1.82, 2.24) is 14.1 Å². The number of rotatable bonds is 4. The molecule has 166 valence electrons. The Morgan fingerprint density at radius 3 is 2.42 bits per heavy atom. The van der Waals surface area contributed by atoms with Crippen LogP contribution in [0.5, 0.6) is 0 Å². The van der Waals surface area contributed by atoms with Crippen molar-refractivity contribution >= 4 is 20.9 Å². The highest BCUT2D eigenvalue weighted by atomic mass is 32.2. The summed E-state index contributed by atoms with van der Waals surface area (Å²) in [5.41, 5.74) is 1.04. The minimum atomic E-state index is -3.82. The summed E-state index contributed by atoms with van der Waals surface area (Å²) < 4.78 is 35.4. The summed E-state index contributed by atoms with van der Waals surface area (Å²) in [6.45, 7) is 8.75. The Morgan fingerprint density at radius 2 is 1.77 bits per heavy atom. The maximum atomic E-state index is 13.1. The first-order valence-corrected chi connectivity index (χ1v) is 12.1. The van der Waals surface area contributed by atoms with Gasteiger partial charge in [-0.05, 0) is 43.0 Å². The summed E-state index contributed by atoms with van der Waals surface area (Å²) >= 11 is 0. The number of fused-ring (bicyclic) bond motifs is 1. The van der Waals surface area contributed by atoms with Crippen LogP contribution in [0.25, 0.3) is 11.0 Å². The molecule has 7 nitrogen and oxygen atoms in total. The van der Waals surface area contributed by atoms with Crippen LogP contribution in [0.3, 0.4) is 0 Å². The fraction of sp³-hybridized carbons (Fsp3) is 0.478. The lowest BCUT2D eigenvalue weighted by molar-refractivity contribution is 0.0611. The second-order valence-corrected chi connectivity index (χ2v) is 11.3. The zero-order valence-corrected chi connectivity index (χ0v) is 19.3. The van der Waals surface area contributed by atoms with Crippen LogP contribution in [0.1, 0.15) is 39.4 Å².